The molecule has 0 bridgehead atoms. The molecule has 1 fully saturated rings. The number of likely N-dealkylation sites (tertiary alicyclic amines) is 1. The molecule has 26 heavy (non-hydrogen) atoms. The summed E-state index contributed by atoms with van der Waals surface area (Å²) in [6, 6.07) is 3.14. The van der Waals surface area contributed by atoms with Gasteiger partial charge in [0.15, 0.2) is 0 Å². The van der Waals surface area contributed by atoms with E-state index in [1.165, 1.54) is 12.0 Å². The van der Waals surface area contributed by atoms with Gasteiger partial charge < -0.3 is 14.6 Å². The summed E-state index contributed by atoms with van der Waals surface area (Å²) < 4.78 is 9.96. The van der Waals surface area contributed by atoms with Crippen molar-refractivity contribution in [2.24, 2.45) is 0 Å². The molecule has 138 valence electrons. The zero-order valence-electron chi connectivity index (χ0n) is 14.6. The van der Waals surface area contributed by atoms with E-state index in [1.54, 1.807) is 18.5 Å². The molecule has 0 saturated carbocycles. The molecule has 0 aliphatic carbocycles. The summed E-state index contributed by atoms with van der Waals surface area (Å²) >= 11 is 0. The monoisotopic (exact) mass is 359 g/mol. The molecule has 1 aliphatic heterocycles. The lowest BCUT2D eigenvalue weighted by atomic mass is 10.0. The molecule has 2 aromatic heterocycles. The maximum Gasteiger partial charge on any atom is 0.410 e. The van der Waals surface area contributed by atoms with Gasteiger partial charge in [0.1, 0.15) is 6.04 Å². The van der Waals surface area contributed by atoms with Gasteiger partial charge >= 0.3 is 6.09 Å². The number of nitrogens with zero attached hydrogens (tertiary/aromatic N) is 4. The standard InChI is InChI=1S/C17H21N5O4/c1-25-17(24)22-10-3-2-6-13(22)16(23)19-9-7-14-20-15(21-26-14)12-5-4-8-18-11-12/h4-5,8,11,13H,2-3,6-7,9-10H2,1H3,(H,19,23). The van der Waals surface area contributed by atoms with Crippen LogP contribution in [0.25, 0.3) is 11.4 Å². The second-order valence-corrected chi connectivity index (χ2v) is 5.97. The van der Waals surface area contributed by atoms with Crippen molar-refractivity contribution in [1.82, 2.24) is 25.3 Å². The highest BCUT2D eigenvalue weighted by Gasteiger charge is 2.32. The van der Waals surface area contributed by atoms with E-state index in [0.717, 1.165) is 18.4 Å². The summed E-state index contributed by atoms with van der Waals surface area (Å²) in [5.41, 5.74) is 0.766. The highest BCUT2D eigenvalue weighted by atomic mass is 16.5. The highest BCUT2D eigenvalue weighted by Crippen LogP contribution is 2.18. The molecule has 1 saturated heterocycles. The van der Waals surface area contributed by atoms with Crippen LogP contribution in [0.15, 0.2) is 29.0 Å². The number of amides is 2. The zero-order valence-corrected chi connectivity index (χ0v) is 14.6. The number of hydrogen-bond acceptors (Lipinski definition) is 7. The predicted octanol–water partition coefficient (Wildman–Crippen LogP) is 1.41. The quantitative estimate of drug-likeness (QED) is 0.859. The summed E-state index contributed by atoms with van der Waals surface area (Å²) in [6.45, 7) is 0.877. The number of rotatable bonds is 5. The average molecular weight is 359 g/mol. The number of piperidine rings is 1. The first-order valence-corrected chi connectivity index (χ1v) is 8.54. The lowest BCUT2D eigenvalue weighted by Gasteiger charge is -2.33. The number of hydrogen-bond donors (Lipinski definition) is 1. The van der Waals surface area contributed by atoms with Crippen LogP contribution in [-0.4, -0.2) is 58.3 Å². The van der Waals surface area contributed by atoms with Gasteiger partial charge in [0.05, 0.1) is 7.11 Å². The second kappa shape index (κ2) is 8.41. The molecule has 1 aliphatic rings. The van der Waals surface area contributed by atoms with Crippen molar-refractivity contribution >= 4 is 12.0 Å². The average Bonchev–Trinajstić information content (AvgIpc) is 3.17. The van der Waals surface area contributed by atoms with Gasteiger partial charge in [-0.25, -0.2) is 4.79 Å². The Balaban J connectivity index is 1.52. The normalized spacial score (nSPS) is 17.0. The van der Waals surface area contributed by atoms with E-state index in [0.29, 0.717) is 37.6 Å². The van der Waals surface area contributed by atoms with Gasteiger partial charge in [-0.2, -0.15) is 4.98 Å². The molecule has 1 atom stereocenters. The Bertz CT molecular complexity index is 749. The summed E-state index contributed by atoms with van der Waals surface area (Å²) in [7, 11) is 1.32. The molecular formula is C17H21N5O4. The third kappa shape index (κ3) is 4.16. The van der Waals surface area contributed by atoms with E-state index < -0.39 is 12.1 Å². The summed E-state index contributed by atoms with van der Waals surface area (Å²) in [5.74, 6) is 0.697. The number of aromatic nitrogens is 3. The van der Waals surface area contributed by atoms with Crippen molar-refractivity contribution < 1.29 is 18.8 Å². The minimum absolute atomic E-state index is 0.193. The first kappa shape index (κ1) is 17.8. The maximum atomic E-state index is 12.4. The molecule has 1 N–H and O–H groups in total. The predicted molar refractivity (Wildman–Crippen MR) is 91.0 cm³/mol. The number of carbonyl (C=O) groups is 2. The van der Waals surface area contributed by atoms with Gasteiger partial charge in [-0.1, -0.05) is 5.16 Å². The zero-order chi connectivity index (χ0) is 18.4. The molecule has 2 amide bonds. The van der Waals surface area contributed by atoms with E-state index in [2.05, 4.69) is 20.4 Å². The SMILES string of the molecule is COC(=O)N1CCCCC1C(=O)NCCc1nc(-c2cccnc2)no1. The van der Waals surface area contributed by atoms with E-state index in [4.69, 9.17) is 9.26 Å². The first-order chi connectivity index (χ1) is 12.7. The molecule has 0 aromatic carbocycles. The molecule has 0 spiro atoms. The van der Waals surface area contributed by atoms with Crippen LogP contribution >= 0.6 is 0 Å². The van der Waals surface area contributed by atoms with Crippen LogP contribution in [0, 0.1) is 0 Å². The number of pyridine rings is 1. The van der Waals surface area contributed by atoms with Gasteiger partial charge in [-0.3, -0.25) is 14.7 Å². The third-order valence-electron chi connectivity index (χ3n) is 4.24. The Morgan fingerprint density at radius 2 is 2.31 bits per heavy atom. The minimum atomic E-state index is -0.496. The molecule has 1 unspecified atom stereocenters. The van der Waals surface area contributed by atoms with Crippen molar-refractivity contribution in [3.63, 3.8) is 0 Å². The summed E-state index contributed by atoms with van der Waals surface area (Å²) in [5, 5.41) is 6.74. The molecule has 9 nitrogen and oxygen atoms in total. The number of methoxy groups -OCH3 is 1. The van der Waals surface area contributed by atoms with Crippen LogP contribution < -0.4 is 5.32 Å². The second-order valence-electron chi connectivity index (χ2n) is 5.97. The van der Waals surface area contributed by atoms with Crippen LogP contribution in [0.5, 0.6) is 0 Å². The number of nitrogens with one attached hydrogen (secondary N) is 1. The molecule has 3 heterocycles. The van der Waals surface area contributed by atoms with Crippen molar-refractivity contribution in [1.29, 1.82) is 0 Å². The molecule has 9 heteroatoms. The molecular weight excluding hydrogens is 338 g/mol. The van der Waals surface area contributed by atoms with Crippen molar-refractivity contribution in [3.05, 3.63) is 30.4 Å². The van der Waals surface area contributed by atoms with Crippen LogP contribution in [-0.2, 0) is 16.0 Å². The van der Waals surface area contributed by atoms with E-state index in [1.807, 2.05) is 6.07 Å². The van der Waals surface area contributed by atoms with Crippen LogP contribution in [0.3, 0.4) is 0 Å². The Hall–Kier alpha value is -2.97. The topological polar surface area (TPSA) is 110 Å². The Kier molecular flexibility index (Phi) is 5.77. The smallest absolute Gasteiger partial charge is 0.410 e. The van der Waals surface area contributed by atoms with Gasteiger partial charge in [0, 0.05) is 37.5 Å². The van der Waals surface area contributed by atoms with Gasteiger partial charge in [-0.15, -0.1) is 0 Å². The fraction of sp³-hybridized carbons (Fsp3) is 0.471. The number of carbonyl (C=O) groups excluding carboxylic acids is 2. The van der Waals surface area contributed by atoms with Crippen molar-refractivity contribution in [2.45, 2.75) is 31.7 Å². The Morgan fingerprint density at radius 1 is 1.42 bits per heavy atom. The minimum Gasteiger partial charge on any atom is -0.453 e. The molecule has 3 rings (SSSR count). The Labute approximate surface area is 150 Å². The maximum absolute atomic E-state index is 12.4. The van der Waals surface area contributed by atoms with Crippen molar-refractivity contribution in [3.8, 4) is 11.4 Å². The largest absolute Gasteiger partial charge is 0.453 e. The van der Waals surface area contributed by atoms with Crippen molar-refractivity contribution in [2.75, 3.05) is 20.2 Å². The van der Waals surface area contributed by atoms with Crippen LogP contribution in [0.4, 0.5) is 4.79 Å². The lowest BCUT2D eigenvalue weighted by molar-refractivity contribution is -0.126. The fourth-order valence-electron chi connectivity index (χ4n) is 2.92. The van der Waals surface area contributed by atoms with E-state index in [9.17, 15) is 9.59 Å². The van der Waals surface area contributed by atoms with E-state index >= 15 is 0 Å². The molecule has 2 aromatic rings. The summed E-state index contributed by atoms with van der Waals surface area (Å²) in [4.78, 5) is 34.0. The van der Waals surface area contributed by atoms with Crippen LogP contribution in [0.2, 0.25) is 0 Å². The third-order valence-corrected chi connectivity index (χ3v) is 4.24. The fourth-order valence-corrected chi connectivity index (χ4v) is 2.92. The van der Waals surface area contributed by atoms with Crippen LogP contribution in [0.1, 0.15) is 25.2 Å². The Morgan fingerprint density at radius 3 is 3.08 bits per heavy atom. The van der Waals surface area contributed by atoms with Gasteiger partial charge in [0.2, 0.25) is 17.6 Å². The van der Waals surface area contributed by atoms with Gasteiger partial charge in [-0.05, 0) is 31.4 Å². The first-order valence-electron chi connectivity index (χ1n) is 8.54. The molecule has 0 radical (unpaired) electrons. The van der Waals surface area contributed by atoms with Gasteiger partial charge in [0.25, 0.3) is 0 Å². The highest BCUT2D eigenvalue weighted by molar-refractivity contribution is 5.85. The summed E-state index contributed by atoms with van der Waals surface area (Å²) in [6.07, 6.45) is 5.67. The number of ether oxygens (including phenoxy) is 1. The lowest BCUT2D eigenvalue weighted by Crippen LogP contribution is -2.52. The van der Waals surface area contributed by atoms with E-state index in [-0.39, 0.29) is 5.91 Å².